The SMILES string of the molecule is N#Cc1ccccc1NCCC(F)(F)F. The molecule has 0 bridgehead atoms. The fourth-order valence-electron chi connectivity index (χ4n) is 1.07. The number of anilines is 1. The van der Waals surface area contributed by atoms with Gasteiger partial charge >= 0.3 is 6.18 Å². The number of nitrogens with zero attached hydrogens (tertiary/aromatic N) is 1. The van der Waals surface area contributed by atoms with E-state index in [1.165, 1.54) is 0 Å². The number of hydrogen-bond donors (Lipinski definition) is 1. The van der Waals surface area contributed by atoms with E-state index in [-0.39, 0.29) is 6.54 Å². The van der Waals surface area contributed by atoms with Crippen molar-refractivity contribution in [3.63, 3.8) is 0 Å². The van der Waals surface area contributed by atoms with Gasteiger partial charge in [0.1, 0.15) is 6.07 Å². The summed E-state index contributed by atoms with van der Waals surface area (Å²) in [6, 6.07) is 8.35. The molecular formula is C10H9F3N2. The monoisotopic (exact) mass is 214 g/mol. The van der Waals surface area contributed by atoms with Gasteiger partial charge in [-0.3, -0.25) is 0 Å². The van der Waals surface area contributed by atoms with Crippen LogP contribution in [0.2, 0.25) is 0 Å². The maximum Gasteiger partial charge on any atom is 0.390 e. The Labute approximate surface area is 85.3 Å². The number of nitrogens with one attached hydrogen (secondary N) is 1. The van der Waals surface area contributed by atoms with Crippen molar-refractivity contribution in [2.24, 2.45) is 0 Å². The summed E-state index contributed by atoms with van der Waals surface area (Å²) in [5.41, 5.74) is 0.781. The summed E-state index contributed by atoms with van der Waals surface area (Å²) in [6.07, 6.45) is -5.08. The number of rotatable bonds is 3. The van der Waals surface area contributed by atoms with Crippen LogP contribution in [0.3, 0.4) is 0 Å². The molecule has 1 aromatic rings. The molecule has 0 saturated heterocycles. The van der Waals surface area contributed by atoms with Crippen molar-refractivity contribution in [2.45, 2.75) is 12.6 Å². The standard InChI is InChI=1S/C10H9F3N2/c11-10(12,13)5-6-15-9-4-2-1-3-8(9)7-14/h1-4,15H,5-6H2. The van der Waals surface area contributed by atoms with Crippen LogP contribution in [0.1, 0.15) is 12.0 Å². The lowest BCUT2D eigenvalue weighted by molar-refractivity contribution is -0.131. The van der Waals surface area contributed by atoms with E-state index < -0.39 is 12.6 Å². The van der Waals surface area contributed by atoms with Gasteiger partial charge in [0.25, 0.3) is 0 Å². The highest BCUT2D eigenvalue weighted by Crippen LogP contribution is 2.20. The maximum atomic E-state index is 11.8. The van der Waals surface area contributed by atoms with Gasteiger partial charge < -0.3 is 5.32 Å². The van der Waals surface area contributed by atoms with E-state index in [4.69, 9.17) is 5.26 Å². The molecule has 0 fully saturated rings. The van der Waals surface area contributed by atoms with Crippen molar-refractivity contribution in [1.29, 1.82) is 5.26 Å². The minimum Gasteiger partial charge on any atom is -0.384 e. The molecule has 0 heterocycles. The van der Waals surface area contributed by atoms with Crippen LogP contribution in [0.5, 0.6) is 0 Å². The van der Waals surface area contributed by atoms with Gasteiger partial charge in [0.2, 0.25) is 0 Å². The Morgan fingerprint density at radius 1 is 1.27 bits per heavy atom. The van der Waals surface area contributed by atoms with Gasteiger partial charge in [-0.2, -0.15) is 18.4 Å². The third-order valence-electron chi connectivity index (χ3n) is 1.77. The minimum absolute atomic E-state index is 0.220. The molecule has 1 aromatic carbocycles. The summed E-state index contributed by atoms with van der Waals surface area (Å²) in [4.78, 5) is 0. The molecular weight excluding hydrogens is 205 g/mol. The van der Waals surface area contributed by atoms with Gasteiger partial charge in [-0.1, -0.05) is 12.1 Å². The van der Waals surface area contributed by atoms with Gasteiger partial charge in [-0.05, 0) is 12.1 Å². The molecule has 0 spiro atoms. The molecule has 80 valence electrons. The fraction of sp³-hybridized carbons (Fsp3) is 0.300. The number of halogens is 3. The quantitative estimate of drug-likeness (QED) is 0.839. The Morgan fingerprint density at radius 2 is 1.93 bits per heavy atom. The van der Waals surface area contributed by atoms with Gasteiger partial charge in [0.15, 0.2) is 0 Å². The first-order chi connectivity index (χ1) is 7.03. The molecule has 0 atom stereocenters. The third kappa shape index (κ3) is 3.90. The van der Waals surface area contributed by atoms with Gasteiger partial charge in [0, 0.05) is 6.54 Å². The molecule has 0 amide bonds. The van der Waals surface area contributed by atoms with Crippen LogP contribution in [0.15, 0.2) is 24.3 Å². The second kappa shape index (κ2) is 4.69. The van der Waals surface area contributed by atoms with Crippen LogP contribution in [-0.2, 0) is 0 Å². The Balaban J connectivity index is 2.55. The summed E-state index contributed by atoms with van der Waals surface area (Å²) in [7, 11) is 0. The van der Waals surface area contributed by atoms with Crippen LogP contribution in [0, 0.1) is 11.3 Å². The predicted molar refractivity (Wildman–Crippen MR) is 50.3 cm³/mol. The lowest BCUT2D eigenvalue weighted by Crippen LogP contribution is -2.14. The van der Waals surface area contributed by atoms with Crippen molar-refractivity contribution >= 4 is 5.69 Å². The second-order valence-electron chi connectivity index (χ2n) is 2.95. The van der Waals surface area contributed by atoms with Crippen LogP contribution in [0.25, 0.3) is 0 Å². The smallest absolute Gasteiger partial charge is 0.384 e. The van der Waals surface area contributed by atoms with E-state index in [0.29, 0.717) is 11.3 Å². The molecule has 0 aliphatic heterocycles. The second-order valence-corrected chi connectivity index (χ2v) is 2.95. The molecule has 0 unspecified atom stereocenters. The zero-order valence-corrected chi connectivity index (χ0v) is 7.80. The van der Waals surface area contributed by atoms with Crippen molar-refractivity contribution in [2.75, 3.05) is 11.9 Å². The summed E-state index contributed by atoms with van der Waals surface area (Å²) < 4.78 is 35.5. The van der Waals surface area contributed by atoms with E-state index in [1.807, 2.05) is 6.07 Å². The normalized spacial score (nSPS) is 10.8. The topological polar surface area (TPSA) is 35.8 Å². The first-order valence-electron chi connectivity index (χ1n) is 4.33. The number of benzene rings is 1. The number of hydrogen-bond acceptors (Lipinski definition) is 2. The molecule has 1 rings (SSSR count). The lowest BCUT2D eigenvalue weighted by atomic mass is 10.2. The van der Waals surface area contributed by atoms with Crippen molar-refractivity contribution in [3.05, 3.63) is 29.8 Å². The van der Waals surface area contributed by atoms with Crippen molar-refractivity contribution in [3.8, 4) is 6.07 Å². The van der Waals surface area contributed by atoms with Crippen LogP contribution in [-0.4, -0.2) is 12.7 Å². The first-order valence-corrected chi connectivity index (χ1v) is 4.33. The lowest BCUT2D eigenvalue weighted by Gasteiger charge is -2.09. The average Bonchev–Trinajstić information content (AvgIpc) is 2.16. The molecule has 5 heteroatoms. The zero-order valence-electron chi connectivity index (χ0n) is 7.80. The molecule has 2 nitrogen and oxygen atoms in total. The number of nitriles is 1. The van der Waals surface area contributed by atoms with Crippen LogP contribution >= 0.6 is 0 Å². The largest absolute Gasteiger partial charge is 0.390 e. The van der Waals surface area contributed by atoms with E-state index in [2.05, 4.69) is 5.32 Å². The summed E-state index contributed by atoms with van der Waals surface area (Å²) >= 11 is 0. The molecule has 0 aliphatic rings. The summed E-state index contributed by atoms with van der Waals surface area (Å²) in [6.45, 7) is -0.220. The van der Waals surface area contributed by atoms with Crippen molar-refractivity contribution in [1.82, 2.24) is 0 Å². The average molecular weight is 214 g/mol. The molecule has 0 aliphatic carbocycles. The Hall–Kier alpha value is -1.70. The highest BCUT2D eigenvalue weighted by atomic mass is 19.4. The van der Waals surface area contributed by atoms with E-state index in [1.54, 1.807) is 24.3 Å². The van der Waals surface area contributed by atoms with Gasteiger partial charge in [0.05, 0.1) is 17.7 Å². The van der Waals surface area contributed by atoms with E-state index in [9.17, 15) is 13.2 Å². The molecule has 0 radical (unpaired) electrons. The first kappa shape index (κ1) is 11.4. The third-order valence-corrected chi connectivity index (χ3v) is 1.77. The maximum absolute atomic E-state index is 11.8. The van der Waals surface area contributed by atoms with Crippen molar-refractivity contribution < 1.29 is 13.2 Å². The van der Waals surface area contributed by atoms with Crippen LogP contribution in [0.4, 0.5) is 18.9 Å². The highest BCUT2D eigenvalue weighted by Gasteiger charge is 2.26. The van der Waals surface area contributed by atoms with Gasteiger partial charge in [-0.15, -0.1) is 0 Å². The fourth-order valence-corrected chi connectivity index (χ4v) is 1.07. The van der Waals surface area contributed by atoms with E-state index >= 15 is 0 Å². The molecule has 1 N–H and O–H groups in total. The minimum atomic E-state index is -4.17. The highest BCUT2D eigenvalue weighted by molar-refractivity contribution is 5.56. The Morgan fingerprint density at radius 3 is 2.53 bits per heavy atom. The number of para-hydroxylation sites is 1. The van der Waals surface area contributed by atoms with Gasteiger partial charge in [-0.25, -0.2) is 0 Å². The van der Waals surface area contributed by atoms with Crippen LogP contribution < -0.4 is 5.32 Å². The molecule has 0 aromatic heterocycles. The van der Waals surface area contributed by atoms with E-state index in [0.717, 1.165) is 0 Å². The zero-order chi connectivity index (χ0) is 11.3. The summed E-state index contributed by atoms with van der Waals surface area (Å²) in [5, 5.41) is 11.2. The predicted octanol–water partition coefficient (Wildman–Crippen LogP) is 2.92. The summed E-state index contributed by atoms with van der Waals surface area (Å²) in [5.74, 6) is 0. The molecule has 15 heavy (non-hydrogen) atoms. The Kier molecular flexibility index (Phi) is 3.56. The Bertz CT molecular complexity index is 366. The molecule has 0 saturated carbocycles. The number of alkyl halides is 3.